The maximum Gasteiger partial charge on any atom is 0.269 e. The van der Waals surface area contributed by atoms with Crippen LogP contribution in [0, 0.1) is 0 Å². The Morgan fingerprint density at radius 2 is 1.69 bits per heavy atom. The lowest BCUT2D eigenvalue weighted by molar-refractivity contribution is 0.0932. The van der Waals surface area contributed by atoms with E-state index in [0.717, 1.165) is 32.0 Å². The van der Waals surface area contributed by atoms with Crippen LogP contribution >= 0.6 is 11.8 Å². The van der Waals surface area contributed by atoms with Gasteiger partial charge in [-0.25, -0.2) is 0 Å². The van der Waals surface area contributed by atoms with Crippen LogP contribution in [0.2, 0.25) is 0 Å². The van der Waals surface area contributed by atoms with E-state index >= 15 is 0 Å². The van der Waals surface area contributed by atoms with Gasteiger partial charge in [0, 0.05) is 16.3 Å². The molecule has 1 atom stereocenters. The molecule has 146 valence electrons. The molecule has 0 bridgehead atoms. The van der Waals surface area contributed by atoms with E-state index in [1.54, 1.807) is 18.9 Å². The molecule has 0 aliphatic rings. The van der Waals surface area contributed by atoms with Crippen LogP contribution in [-0.4, -0.2) is 18.0 Å². The number of hydrogen-bond donors (Lipinski definition) is 2. The highest BCUT2D eigenvalue weighted by Crippen LogP contribution is 2.38. The third-order valence-electron chi connectivity index (χ3n) is 4.80. The second-order valence-electron chi connectivity index (χ2n) is 6.76. The fourth-order valence-electron chi connectivity index (χ4n) is 3.24. The molecule has 5 heteroatoms. The summed E-state index contributed by atoms with van der Waals surface area (Å²) in [5, 5.41) is 4.11. The quantitative estimate of drug-likeness (QED) is 0.427. The van der Waals surface area contributed by atoms with Gasteiger partial charge in [-0.05, 0) is 36.8 Å². The Morgan fingerprint density at radius 1 is 1.00 bits per heavy atom. The fraction of sp³-hybridized carbons (Fsp3) is 0.125. The van der Waals surface area contributed by atoms with Crippen LogP contribution in [-0.2, 0) is 0 Å². The first-order chi connectivity index (χ1) is 14.2. The number of carbonyl (C=O) groups excluding carboxylic acids is 1. The minimum Gasteiger partial charge on any atom is -0.497 e. The summed E-state index contributed by atoms with van der Waals surface area (Å²) in [4.78, 5) is 18.5. The van der Waals surface area contributed by atoms with Crippen molar-refractivity contribution < 1.29 is 9.53 Å². The van der Waals surface area contributed by atoms with Gasteiger partial charge in [-0.1, -0.05) is 60.3 Å². The van der Waals surface area contributed by atoms with Crippen LogP contribution in [0.1, 0.15) is 29.0 Å². The summed E-state index contributed by atoms with van der Waals surface area (Å²) in [6.07, 6.45) is 0. The molecule has 2 N–H and O–H groups in total. The van der Waals surface area contributed by atoms with Gasteiger partial charge >= 0.3 is 0 Å². The standard InChI is InChI=1S/C24H22N2O2S/c1-16(17-9-5-3-6-10-17)25-24(27)22-23(29-19-11-7-4-8-12-19)20-14-13-18(28-2)15-21(20)26-22/h3-16,26H,1-2H3,(H,25,27). The molecule has 0 aliphatic carbocycles. The summed E-state index contributed by atoms with van der Waals surface area (Å²) < 4.78 is 5.35. The highest BCUT2D eigenvalue weighted by molar-refractivity contribution is 7.99. The number of benzene rings is 3. The molecule has 0 saturated heterocycles. The maximum absolute atomic E-state index is 13.2. The molecule has 4 nitrogen and oxygen atoms in total. The average Bonchev–Trinajstić information content (AvgIpc) is 3.12. The molecule has 1 unspecified atom stereocenters. The number of H-pyrrole nitrogens is 1. The van der Waals surface area contributed by atoms with Gasteiger partial charge in [0.15, 0.2) is 0 Å². The monoisotopic (exact) mass is 402 g/mol. The van der Waals surface area contributed by atoms with E-state index in [0.29, 0.717) is 5.69 Å². The zero-order valence-electron chi connectivity index (χ0n) is 16.3. The summed E-state index contributed by atoms with van der Waals surface area (Å²) in [6, 6.07) is 25.7. The van der Waals surface area contributed by atoms with E-state index in [9.17, 15) is 4.79 Å². The highest BCUT2D eigenvalue weighted by atomic mass is 32.2. The van der Waals surface area contributed by atoms with Gasteiger partial charge in [0.05, 0.1) is 23.6 Å². The van der Waals surface area contributed by atoms with Crippen molar-refractivity contribution in [1.29, 1.82) is 0 Å². The van der Waals surface area contributed by atoms with Crippen LogP contribution in [0.3, 0.4) is 0 Å². The van der Waals surface area contributed by atoms with Crippen LogP contribution in [0.5, 0.6) is 5.75 Å². The molecule has 0 saturated carbocycles. The number of amides is 1. The Hall–Kier alpha value is -3.18. The van der Waals surface area contributed by atoms with Crippen molar-refractivity contribution in [3.05, 3.63) is 90.1 Å². The number of carbonyl (C=O) groups is 1. The minimum absolute atomic E-state index is 0.0979. The third kappa shape index (κ3) is 4.15. The molecule has 3 aromatic carbocycles. The van der Waals surface area contributed by atoms with Gasteiger partial charge in [-0.3, -0.25) is 4.79 Å². The van der Waals surface area contributed by atoms with Gasteiger partial charge in [0.25, 0.3) is 5.91 Å². The normalized spacial score (nSPS) is 11.9. The zero-order chi connectivity index (χ0) is 20.2. The number of aromatic nitrogens is 1. The SMILES string of the molecule is COc1ccc2c(Sc3ccccc3)c(C(=O)NC(C)c3ccccc3)[nH]c2c1. The van der Waals surface area contributed by atoms with Crippen molar-refractivity contribution in [1.82, 2.24) is 10.3 Å². The summed E-state index contributed by atoms with van der Waals surface area (Å²) in [5.74, 6) is 0.620. The van der Waals surface area contributed by atoms with Crippen molar-refractivity contribution in [3.63, 3.8) is 0 Å². The molecule has 1 heterocycles. The second kappa shape index (κ2) is 8.45. The number of methoxy groups -OCH3 is 1. The summed E-state index contributed by atoms with van der Waals surface area (Å²) >= 11 is 1.58. The first kappa shape index (κ1) is 19.2. The van der Waals surface area contributed by atoms with Crippen molar-refractivity contribution >= 4 is 28.6 Å². The van der Waals surface area contributed by atoms with Gasteiger partial charge < -0.3 is 15.0 Å². The van der Waals surface area contributed by atoms with Crippen molar-refractivity contribution in [2.45, 2.75) is 22.8 Å². The first-order valence-corrected chi connectivity index (χ1v) is 10.3. The van der Waals surface area contributed by atoms with Crippen LogP contribution < -0.4 is 10.1 Å². The van der Waals surface area contributed by atoms with Crippen LogP contribution in [0.15, 0.2) is 88.7 Å². The third-order valence-corrected chi connectivity index (χ3v) is 5.93. The van der Waals surface area contributed by atoms with Gasteiger partial charge in [0.2, 0.25) is 0 Å². The predicted molar refractivity (Wildman–Crippen MR) is 118 cm³/mol. The number of hydrogen-bond acceptors (Lipinski definition) is 3. The van der Waals surface area contributed by atoms with Gasteiger partial charge in [-0.2, -0.15) is 0 Å². The molecule has 1 amide bonds. The predicted octanol–water partition coefficient (Wildman–Crippen LogP) is 5.82. The molecular weight excluding hydrogens is 380 g/mol. The molecular formula is C24H22N2O2S. The van der Waals surface area contributed by atoms with E-state index in [-0.39, 0.29) is 11.9 Å². The molecule has 1 aromatic heterocycles. The Kier molecular flexibility index (Phi) is 5.58. The molecule has 4 rings (SSSR count). The smallest absolute Gasteiger partial charge is 0.269 e. The molecule has 0 spiro atoms. The van der Waals surface area contributed by atoms with E-state index in [1.807, 2.05) is 85.8 Å². The van der Waals surface area contributed by atoms with E-state index in [4.69, 9.17) is 4.74 Å². The first-order valence-electron chi connectivity index (χ1n) is 9.44. The fourth-order valence-corrected chi connectivity index (χ4v) is 4.31. The second-order valence-corrected chi connectivity index (χ2v) is 7.85. The number of fused-ring (bicyclic) bond motifs is 1. The van der Waals surface area contributed by atoms with Crippen LogP contribution in [0.4, 0.5) is 0 Å². The number of ether oxygens (including phenoxy) is 1. The van der Waals surface area contributed by atoms with Crippen molar-refractivity contribution in [2.24, 2.45) is 0 Å². The number of aromatic amines is 1. The summed E-state index contributed by atoms with van der Waals surface area (Å²) in [7, 11) is 1.64. The maximum atomic E-state index is 13.2. The minimum atomic E-state index is -0.130. The molecule has 4 aromatic rings. The Bertz CT molecular complexity index is 1120. The topological polar surface area (TPSA) is 54.1 Å². The van der Waals surface area contributed by atoms with E-state index in [2.05, 4.69) is 10.3 Å². The zero-order valence-corrected chi connectivity index (χ0v) is 17.1. The lowest BCUT2D eigenvalue weighted by Gasteiger charge is -2.14. The Labute approximate surface area is 174 Å². The largest absolute Gasteiger partial charge is 0.497 e. The Balaban J connectivity index is 1.71. The molecule has 0 fully saturated rings. The number of nitrogens with one attached hydrogen (secondary N) is 2. The van der Waals surface area contributed by atoms with E-state index in [1.165, 1.54) is 0 Å². The van der Waals surface area contributed by atoms with Gasteiger partial charge in [-0.15, -0.1) is 0 Å². The summed E-state index contributed by atoms with van der Waals surface area (Å²) in [6.45, 7) is 1.99. The average molecular weight is 403 g/mol. The molecule has 0 radical (unpaired) electrons. The van der Waals surface area contributed by atoms with Crippen molar-refractivity contribution in [2.75, 3.05) is 7.11 Å². The Morgan fingerprint density at radius 3 is 2.38 bits per heavy atom. The van der Waals surface area contributed by atoms with Crippen LogP contribution in [0.25, 0.3) is 10.9 Å². The highest BCUT2D eigenvalue weighted by Gasteiger charge is 2.21. The molecule has 29 heavy (non-hydrogen) atoms. The molecule has 0 aliphatic heterocycles. The summed E-state index contributed by atoms with van der Waals surface area (Å²) in [5.41, 5.74) is 2.50. The van der Waals surface area contributed by atoms with E-state index < -0.39 is 0 Å². The number of rotatable bonds is 6. The lowest BCUT2D eigenvalue weighted by atomic mass is 10.1. The lowest BCUT2D eigenvalue weighted by Crippen LogP contribution is -2.27. The van der Waals surface area contributed by atoms with Gasteiger partial charge in [0.1, 0.15) is 11.4 Å². The van der Waals surface area contributed by atoms with Crippen molar-refractivity contribution in [3.8, 4) is 5.75 Å².